The molecule has 0 aliphatic heterocycles. The molecule has 4 heteroatoms. The van der Waals surface area contributed by atoms with Gasteiger partial charge in [-0.25, -0.2) is 9.97 Å². The largest absolute Gasteiger partial charge is 0.235 e. The lowest BCUT2D eigenvalue weighted by Crippen LogP contribution is -1.89. The fraction of sp³-hybridized carbons (Fsp3) is 0. The first kappa shape index (κ1) is 11.6. The maximum atomic E-state index is 5.98. The summed E-state index contributed by atoms with van der Waals surface area (Å²) in [7, 11) is 0. The zero-order chi connectivity index (χ0) is 12.5. The summed E-state index contributed by atoms with van der Waals surface area (Å²) >= 11 is 9.27. The first-order valence-electron chi connectivity index (χ1n) is 5.41. The van der Waals surface area contributed by atoms with Crippen molar-refractivity contribution in [1.29, 1.82) is 0 Å². The fourth-order valence-corrected chi connectivity index (χ4v) is 2.13. The molecule has 0 spiro atoms. The summed E-state index contributed by atoms with van der Waals surface area (Å²) in [6.07, 6.45) is 1.67. The van der Waals surface area contributed by atoms with Gasteiger partial charge in [0.25, 0.3) is 0 Å². The van der Waals surface area contributed by atoms with Crippen molar-refractivity contribution in [2.75, 3.05) is 0 Å². The van der Waals surface area contributed by atoms with Crippen LogP contribution in [0.25, 0.3) is 22.2 Å². The molecular weight excluding hydrogens is 312 g/mol. The average Bonchev–Trinajstić information content (AvgIpc) is 2.41. The Hall–Kier alpha value is -1.45. The van der Waals surface area contributed by atoms with E-state index in [9.17, 15) is 0 Å². The molecule has 18 heavy (non-hydrogen) atoms. The standard InChI is InChI=1S/C14H8BrClN2/c15-12-8-17-14(18-13(12)16)11-6-5-9-3-1-2-4-10(9)7-11/h1-8H. The molecule has 0 amide bonds. The van der Waals surface area contributed by atoms with Crippen LogP contribution in [-0.4, -0.2) is 9.97 Å². The van der Waals surface area contributed by atoms with Crippen molar-refractivity contribution in [3.05, 3.63) is 58.3 Å². The van der Waals surface area contributed by atoms with E-state index in [4.69, 9.17) is 11.6 Å². The van der Waals surface area contributed by atoms with Gasteiger partial charge in [-0.15, -0.1) is 0 Å². The first-order valence-corrected chi connectivity index (χ1v) is 6.58. The first-order chi connectivity index (χ1) is 8.74. The molecule has 1 aromatic heterocycles. The maximum absolute atomic E-state index is 5.98. The van der Waals surface area contributed by atoms with E-state index in [1.165, 1.54) is 5.39 Å². The summed E-state index contributed by atoms with van der Waals surface area (Å²) in [5.41, 5.74) is 0.961. The van der Waals surface area contributed by atoms with Gasteiger partial charge in [0, 0.05) is 11.8 Å². The van der Waals surface area contributed by atoms with Gasteiger partial charge in [-0.1, -0.05) is 48.0 Å². The van der Waals surface area contributed by atoms with Crippen molar-refractivity contribution >= 4 is 38.3 Å². The van der Waals surface area contributed by atoms with E-state index in [0.29, 0.717) is 15.5 Å². The SMILES string of the molecule is Clc1nc(-c2ccc3ccccc3c2)ncc1Br. The van der Waals surface area contributed by atoms with Crippen LogP contribution in [0.15, 0.2) is 53.1 Å². The van der Waals surface area contributed by atoms with E-state index >= 15 is 0 Å². The van der Waals surface area contributed by atoms with Crippen LogP contribution in [-0.2, 0) is 0 Å². The Bertz CT molecular complexity index is 728. The van der Waals surface area contributed by atoms with Crippen LogP contribution >= 0.6 is 27.5 Å². The van der Waals surface area contributed by atoms with Crippen LogP contribution in [0, 0.1) is 0 Å². The lowest BCUT2D eigenvalue weighted by Gasteiger charge is -2.03. The van der Waals surface area contributed by atoms with Crippen molar-refractivity contribution in [2.24, 2.45) is 0 Å². The van der Waals surface area contributed by atoms with E-state index in [1.54, 1.807) is 6.20 Å². The number of hydrogen-bond donors (Lipinski definition) is 0. The third kappa shape index (κ3) is 2.11. The molecule has 0 atom stereocenters. The van der Waals surface area contributed by atoms with Gasteiger partial charge in [0.15, 0.2) is 5.82 Å². The topological polar surface area (TPSA) is 25.8 Å². The number of nitrogens with zero attached hydrogens (tertiary/aromatic N) is 2. The average molecular weight is 320 g/mol. The lowest BCUT2D eigenvalue weighted by molar-refractivity contribution is 1.16. The van der Waals surface area contributed by atoms with Gasteiger partial charge < -0.3 is 0 Å². The van der Waals surface area contributed by atoms with Crippen molar-refractivity contribution in [3.63, 3.8) is 0 Å². The number of fused-ring (bicyclic) bond motifs is 1. The van der Waals surface area contributed by atoms with E-state index in [2.05, 4.69) is 50.2 Å². The molecule has 0 saturated carbocycles. The van der Waals surface area contributed by atoms with Gasteiger partial charge in [-0.2, -0.15) is 0 Å². The Morgan fingerprint density at radius 2 is 1.78 bits per heavy atom. The molecule has 3 rings (SSSR count). The molecular formula is C14H8BrClN2. The second kappa shape index (κ2) is 4.67. The van der Waals surface area contributed by atoms with Crippen LogP contribution in [0.3, 0.4) is 0 Å². The van der Waals surface area contributed by atoms with E-state index in [-0.39, 0.29) is 0 Å². The van der Waals surface area contributed by atoms with Gasteiger partial charge in [-0.3, -0.25) is 0 Å². The Kier molecular flexibility index (Phi) is 3.02. The van der Waals surface area contributed by atoms with Crippen molar-refractivity contribution in [2.45, 2.75) is 0 Å². The molecule has 0 aliphatic carbocycles. The van der Waals surface area contributed by atoms with Gasteiger partial charge in [0.2, 0.25) is 0 Å². The highest BCUT2D eigenvalue weighted by atomic mass is 79.9. The highest BCUT2D eigenvalue weighted by Crippen LogP contribution is 2.25. The Morgan fingerprint density at radius 1 is 1.00 bits per heavy atom. The molecule has 0 aliphatic rings. The van der Waals surface area contributed by atoms with Gasteiger partial charge in [-0.05, 0) is 32.8 Å². The Morgan fingerprint density at radius 3 is 2.56 bits per heavy atom. The van der Waals surface area contributed by atoms with Crippen LogP contribution in [0.1, 0.15) is 0 Å². The molecule has 0 N–H and O–H groups in total. The monoisotopic (exact) mass is 318 g/mol. The summed E-state index contributed by atoms with van der Waals surface area (Å²) in [5, 5.41) is 2.79. The summed E-state index contributed by atoms with van der Waals surface area (Å²) < 4.78 is 0.703. The highest BCUT2D eigenvalue weighted by Gasteiger charge is 2.05. The summed E-state index contributed by atoms with van der Waals surface area (Å²) in [4.78, 5) is 8.53. The van der Waals surface area contributed by atoms with Gasteiger partial charge >= 0.3 is 0 Å². The minimum atomic E-state index is 0.424. The number of aromatic nitrogens is 2. The zero-order valence-electron chi connectivity index (χ0n) is 9.27. The third-order valence-corrected chi connectivity index (χ3v) is 3.81. The molecule has 88 valence electrons. The molecule has 0 radical (unpaired) electrons. The molecule has 0 saturated heterocycles. The quantitative estimate of drug-likeness (QED) is 0.607. The second-order valence-electron chi connectivity index (χ2n) is 3.89. The number of hydrogen-bond acceptors (Lipinski definition) is 2. The van der Waals surface area contributed by atoms with E-state index < -0.39 is 0 Å². The minimum absolute atomic E-state index is 0.424. The summed E-state index contributed by atoms with van der Waals surface area (Å²) in [6, 6.07) is 14.3. The van der Waals surface area contributed by atoms with Crippen molar-refractivity contribution < 1.29 is 0 Å². The van der Waals surface area contributed by atoms with Crippen LogP contribution in [0.2, 0.25) is 5.15 Å². The van der Waals surface area contributed by atoms with Gasteiger partial charge in [0.05, 0.1) is 4.47 Å². The molecule has 0 bridgehead atoms. The van der Waals surface area contributed by atoms with E-state index in [1.807, 2.05) is 18.2 Å². The Balaban J connectivity index is 2.16. The molecule has 0 unspecified atom stereocenters. The fourth-order valence-electron chi connectivity index (χ4n) is 1.81. The van der Waals surface area contributed by atoms with Crippen molar-refractivity contribution in [1.82, 2.24) is 9.97 Å². The number of halogens is 2. The van der Waals surface area contributed by atoms with Crippen LogP contribution in [0.4, 0.5) is 0 Å². The molecule has 3 aromatic rings. The third-order valence-electron chi connectivity index (χ3n) is 2.71. The predicted molar refractivity (Wildman–Crippen MR) is 77.7 cm³/mol. The van der Waals surface area contributed by atoms with Crippen molar-refractivity contribution in [3.8, 4) is 11.4 Å². The Labute approximate surface area is 118 Å². The minimum Gasteiger partial charge on any atom is -0.235 e. The molecule has 2 nitrogen and oxygen atoms in total. The maximum Gasteiger partial charge on any atom is 0.160 e. The second-order valence-corrected chi connectivity index (χ2v) is 5.11. The van der Waals surface area contributed by atoms with E-state index in [0.717, 1.165) is 10.9 Å². The van der Waals surface area contributed by atoms with Crippen LogP contribution < -0.4 is 0 Å². The van der Waals surface area contributed by atoms with Crippen LogP contribution in [0.5, 0.6) is 0 Å². The summed E-state index contributed by atoms with van der Waals surface area (Å²) in [6.45, 7) is 0. The normalized spacial score (nSPS) is 10.8. The summed E-state index contributed by atoms with van der Waals surface area (Å²) in [5.74, 6) is 0.633. The number of benzene rings is 2. The number of rotatable bonds is 1. The predicted octanol–water partition coefficient (Wildman–Crippen LogP) is 4.71. The molecule has 1 heterocycles. The smallest absolute Gasteiger partial charge is 0.160 e. The zero-order valence-corrected chi connectivity index (χ0v) is 11.6. The molecule has 0 fully saturated rings. The highest BCUT2D eigenvalue weighted by molar-refractivity contribution is 9.10. The lowest BCUT2D eigenvalue weighted by atomic mass is 10.1. The molecule has 2 aromatic carbocycles. The van der Waals surface area contributed by atoms with Gasteiger partial charge in [0.1, 0.15) is 5.15 Å².